The van der Waals surface area contributed by atoms with Gasteiger partial charge in [-0.1, -0.05) is 15.9 Å². The average molecular weight is 277 g/mol. The first-order valence-corrected chi connectivity index (χ1v) is 5.73. The van der Waals surface area contributed by atoms with Crippen molar-refractivity contribution in [1.82, 2.24) is 9.97 Å². The summed E-state index contributed by atoms with van der Waals surface area (Å²) in [6, 6.07) is 7.90. The van der Waals surface area contributed by atoms with Crippen molar-refractivity contribution in [2.24, 2.45) is 0 Å². The Balaban J connectivity index is 2.23. The molecular weight excluding hydrogens is 268 g/mol. The molecule has 0 unspecified atom stereocenters. The molecule has 0 aliphatic heterocycles. The molecule has 0 saturated heterocycles. The van der Waals surface area contributed by atoms with E-state index in [1.807, 2.05) is 31.2 Å². The van der Waals surface area contributed by atoms with Crippen LogP contribution in [0.3, 0.4) is 0 Å². The number of benzene rings is 1. The highest BCUT2D eigenvalue weighted by Crippen LogP contribution is 2.25. The highest BCUT2D eigenvalue weighted by atomic mass is 79.9. The normalized spacial score (nSPS) is 11.1. The molecule has 0 aliphatic carbocycles. The van der Waals surface area contributed by atoms with E-state index in [-0.39, 0.29) is 0 Å². The highest BCUT2D eigenvalue weighted by Gasteiger charge is 2.09. The fraction of sp³-hybridized carbons (Fsp3) is 0.0833. The maximum Gasteiger partial charge on any atom is 0.142 e. The molecule has 0 spiro atoms. The first kappa shape index (κ1) is 9.66. The van der Waals surface area contributed by atoms with Gasteiger partial charge in [-0.25, -0.2) is 4.98 Å². The molecule has 3 rings (SSSR count). The third kappa shape index (κ3) is 1.46. The van der Waals surface area contributed by atoms with E-state index in [1.54, 1.807) is 6.26 Å². The number of H-pyrrole nitrogens is 1. The quantitative estimate of drug-likeness (QED) is 0.733. The molecule has 0 fully saturated rings. The molecular formula is C12H9BrN2O. The number of hydrogen-bond acceptors (Lipinski definition) is 2. The zero-order valence-electron chi connectivity index (χ0n) is 8.62. The Bertz CT molecular complexity index is 654. The molecule has 1 aromatic carbocycles. The molecule has 2 aromatic heterocycles. The summed E-state index contributed by atoms with van der Waals surface area (Å²) in [4.78, 5) is 7.80. The zero-order valence-corrected chi connectivity index (χ0v) is 10.2. The minimum Gasteiger partial charge on any atom is -0.469 e. The molecule has 3 aromatic rings. The van der Waals surface area contributed by atoms with E-state index in [0.29, 0.717) is 0 Å². The van der Waals surface area contributed by atoms with Crippen molar-refractivity contribution in [2.75, 3.05) is 0 Å². The van der Waals surface area contributed by atoms with Crippen molar-refractivity contribution >= 4 is 27.0 Å². The second-order valence-corrected chi connectivity index (χ2v) is 4.55. The smallest absolute Gasteiger partial charge is 0.142 e. The SMILES string of the molecule is Cc1occc1-c1nc2ccc(Br)cc2[nH]1. The van der Waals surface area contributed by atoms with E-state index in [1.165, 1.54) is 0 Å². The number of imidazole rings is 1. The van der Waals surface area contributed by atoms with Crippen LogP contribution in [-0.2, 0) is 0 Å². The maximum atomic E-state index is 5.27. The van der Waals surface area contributed by atoms with Crippen molar-refractivity contribution < 1.29 is 4.42 Å². The first-order valence-electron chi connectivity index (χ1n) is 4.94. The van der Waals surface area contributed by atoms with E-state index >= 15 is 0 Å². The van der Waals surface area contributed by atoms with Crippen LogP contribution in [0, 0.1) is 6.92 Å². The second-order valence-electron chi connectivity index (χ2n) is 3.64. The number of aromatic nitrogens is 2. The molecule has 3 nitrogen and oxygen atoms in total. The fourth-order valence-electron chi connectivity index (χ4n) is 1.74. The summed E-state index contributed by atoms with van der Waals surface area (Å²) in [6.45, 7) is 1.93. The van der Waals surface area contributed by atoms with Gasteiger partial charge in [-0.15, -0.1) is 0 Å². The standard InChI is InChI=1S/C12H9BrN2O/c1-7-9(4-5-16-7)12-14-10-3-2-8(13)6-11(10)15-12/h2-6H,1H3,(H,14,15). The molecule has 1 N–H and O–H groups in total. The number of fused-ring (bicyclic) bond motifs is 1. The van der Waals surface area contributed by atoms with Gasteiger partial charge < -0.3 is 9.40 Å². The van der Waals surface area contributed by atoms with E-state index in [9.17, 15) is 0 Å². The van der Waals surface area contributed by atoms with Crippen LogP contribution in [0.1, 0.15) is 5.76 Å². The predicted molar refractivity (Wildman–Crippen MR) is 66.2 cm³/mol. The summed E-state index contributed by atoms with van der Waals surface area (Å²) in [7, 11) is 0. The lowest BCUT2D eigenvalue weighted by molar-refractivity contribution is 0.535. The number of hydrogen-bond donors (Lipinski definition) is 1. The Kier molecular flexibility index (Phi) is 2.11. The van der Waals surface area contributed by atoms with Crippen molar-refractivity contribution in [3.63, 3.8) is 0 Å². The van der Waals surface area contributed by atoms with Crippen LogP contribution in [0.25, 0.3) is 22.4 Å². The minimum absolute atomic E-state index is 0.847. The predicted octanol–water partition coefficient (Wildman–Crippen LogP) is 3.89. The number of aryl methyl sites for hydroxylation is 1. The number of rotatable bonds is 1. The number of halogens is 1. The molecule has 16 heavy (non-hydrogen) atoms. The van der Waals surface area contributed by atoms with Gasteiger partial charge in [0.1, 0.15) is 11.6 Å². The average Bonchev–Trinajstić information content (AvgIpc) is 2.82. The second kappa shape index (κ2) is 3.49. The van der Waals surface area contributed by atoms with Gasteiger partial charge in [0.05, 0.1) is 22.9 Å². The van der Waals surface area contributed by atoms with E-state index < -0.39 is 0 Å². The molecule has 0 bridgehead atoms. The lowest BCUT2D eigenvalue weighted by Gasteiger charge is -1.90. The number of aromatic amines is 1. The van der Waals surface area contributed by atoms with Gasteiger partial charge in [-0.05, 0) is 31.2 Å². The van der Waals surface area contributed by atoms with Gasteiger partial charge in [0.2, 0.25) is 0 Å². The van der Waals surface area contributed by atoms with Gasteiger partial charge >= 0.3 is 0 Å². The Hall–Kier alpha value is -1.55. The number of furan rings is 1. The van der Waals surface area contributed by atoms with Crippen LogP contribution < -0.4 is 0 Å². The van der Waals surface area contributed by atoms with Gasteiger partial charge in [0.15, 0.2) is 0 Å². The Labute approximate surface area is 101 Å². The number of nitrogens with one attached hydrogen (secondary N) is 1. The van der Waals surface area contributed by atoms with Crippen LogP contribution in [-0.4, -0.2) is 9.97 Å². The molecule has 0 amide bonds. The summed E-state index contributed by atoms with van der Waals surface area (Å²) >= 11 is 3.44. The van der Waals surface area contributed by atoms with Crippen molar-refractivity contribution in [3.05, 3.63) is 40.8 Å². The van der Waals surface area contributed by atoms with Gasteiger partial charge in [-0.3, -0.25) is 0 Å². The lowest BCUT2D eigenvalue weighted by atomic mass is 10.2. The first-order chi connectivity index (χ1) is 7.74. The molecule has 4 heteroatoms. The third-order valence-corrected chi connectivity index (χ3v) is 3.05. The third-order valence-electron chi connectivity index (χ3n) is 2.56. The van der Waals surface area contributed by atoms with Crippen LogP contribution in [0.15, 0.2) is 39.4 Å². The Morgan fingerprint density at radius 1 is 1.31 bits per heavy atom. The van der Waals surface area contributed by atoms with E-state index in [0.717, 1.165) is 32.7 Å². The van der Waals surface area contributed by atoms with E-state index in [4.69, 9.17) is 4.42 Å². The molecule has 0 saturated carbocycles. The fourth-order valence-corrected chi connectivity index (χ4v) is 2.10. The van der Waals surface area contributed by atoms with Crippen LogP contribution >= 0.6 is 15.9 Å². The van der Waals surface area contributed by atoms with Crippen LogP contribution in [0.4, 0.5) is 0 Å². The summed E-state index contributed by atoms with van der Waals surface area (Å²) in [5.74, 6) is 1.72. The number of nitrogens with zero attached hydrogens (tertiary/aromatic N) is 1. The minimum atomic E-state index is 0.847. The largest absolute Gasteiger partial charge is 0.469 e. The summed E-state index contributed by atoms with van der Waals surface area (Å²) in [5, 5.41) is 0. The summed E-state index contributed by atoms with van der Waals surface area (Å²) < 4.78 is 6.31. The molecule has 0 atom stereocenters. The lowest BCUT2D eigenvalue weighted by Crippen LogP contribution is -1.78. The maximum absolute atomic E-state index is 5.27. The van der Waals surface area contributed by atoms with Gasteiger partial charge in [0, 0.05) is 4.47 Å². The Morgan fingerprint density at radius 3 is 2.94 bits per heavy atom. The summed E-state index contributed by atoms with van der Waals surface area (Å²) in [6.07, 6.45) is 1.67. The van der Waals surface area contributed by atoms with Crippen LogP contribution in [0.5, 0.6) is 0 Å². The molecule has 2 heterocycles. The summed E-state index contributed by atoms with van der Waals surface area (Å²) in [5.41, 5.74) is 2.98. The Morgan fingerprint density at radius 2 is 2.19 bits per heavy atom. The molecule has 0 radical (unpaired) electrons. The van der Waals surface area contributed by atoms with Crippen LogP contribution in [0.2, 0.25) is 0 Å². The zero-order chi connectivity index (χ0) is 11.1. The highest BCUT2D eigenvalue weighted by molar-refractivity contribution is 9.10. The molecule has 80 valence electrons. The van der Waals surface area contributed by atoms with Crippen molar-refractivity contribution in [2.45, 2.75) is 6.92 Å². The topological polar surface area (TPSA) is 41.8 Å². The monoisotopic (exact) mass is 276 g/mol. The van der Waals surface area contributed by atoms with Gasteiger partial charge in [-0.2, -0.15) is 0 Å². The van der Waals surface area contributed by atoms with Crippen molar-refractivity contribution in [1.29, 1.82) is 0 Å². The molecule has 0 aliphatic rings. The van der Waals surface area contributed by atoms with Gasteiger partial charge in [0.25, 0.3) is 0 Å². The van der Waals surface area contributed by atoms with Crippen molar-refractivity contribution in [3.8, 4) is 11.4 Å². The van der Waals surface area contributed by atoms with E-state index in [2.05, 4.69) is 25.9 Å².